The van der Waals surface area contributed by atoms with E-state index in [1.165, 1.54) is 0 Å². The van der Waals surface area contributed by atoms with Gasteiger partial charge in [0.15, 0.2) is 0 Å². The Morgan fingerprint density at radius 1 is 1.50 bits per heavy atom. The summed E-state index contributed by atoms with van der Waals surface area (Å²) in [6, 6.07) is 1.61. The smallest absolute Gasteiger partial charge is 0.253 e. The van der Waals surface area contributed by atoms with Crippen molar-refractivity contribution in [1.82, 2.24) is 9.55 Å². The fourth-order valence-electron chi connectivity index (χ4n) is 1.66. The van der Waals surface area contributed by atoms with Gasteiger partial charge >= 0.3 is 0 Å². The maximum Gasteiger partial charge on any atom is 0.253 e. The summed E-state index contributed by atoms with van der Waals surface area (Å²) in [6.07, 6.45) is 3.23. The van der Waals surface area contributed by atoms with Gasteiger partial charge in [0, 0.05) is 24.7 Å². The van der Waals surface area contributed by atoms with Crippen molar-refractivity contribution in [1.29, 1.82) is 0 Å². The van der Waals surface area contributed by atoms with Crippen LogP contribution in [0.5, 0.6) is 0 Å². The lowest BCUT2D eigenvalue weighted by molar-refractivity contribution is 0.494. The highest BCUT2D eigenvalue weighted by molar-refractivity contribution is 5.04. The third-order valence-electron chi connectivity index (χ3n) is 2.25. The van der Waals surface area contributed by atoms with Gasteiger partial charge in [-0.3, -0.25) is 9.36 Å². The predicted octanol–water partition coefficient (Wildman–Crippen LogP) is 0.888. The molecular formula is C9H12N2O. The molecule has 0 aromatic carbocycles. The third kappa shape index (κ3) is 1.15. The first-order valence-electron chi connectivity index (χ1n) is 4.35. The summed E-state index contributed by atoms with van der Waals surface area (Å²) >= 11 is 0. The number of aryl methyl sites for hydroxylation is 2. The summed E-state index contributed by atoms with van der Waals surface area (Å²) in [6.45, 7) is 2.72. The lowest BCUT2D eigenvalue weighted by atomic mass is 10.1. The Morgan fingerprint density at radius 2 is 2.33 bits per heavy atom. The zero-order chi connectivity index (χ0) is 8.55. The molecule has 0 aliphatic carbocycles. The van der Waals surface area contributed by atoms with Gasteiger partial charge in [-0.15, -0.1) is 0 Å². The van der Waals surface area contributed by atoms with Crippen molar-refractivity contribution in [2.75, 3.05) is 0 Å². The fourth-order valence-corrected chi connectivity index (χ4v) is 1.66. The first kappa shape index (κ1) is 7.53. The Kier molecular flexibility index (Phi) is 1.71. The minimum Gasteiger partial charge on any atom is -0.297 e. The van der Waals surface area contributed by atoms with E-state index in [0.29, 0.717) is 0 Å². The maximum absolute atomic E-state index is 11.4. The molecule has 0 N–H and O–H groups in total. The summed E-state index contributed by atoms with van der Waals surface area (Å²) in [5.41, 5.74) is 0.949. The van der Waals surface area contributed by atoms with Crippen molar-refractivity contribution in [3.63, 3.8) is 0 Å². The van der Waals surface area contributed by atoms with Crippen molar-refractivity contribution in [2.45, 2.75) is 32.7 Å². The van der Waals surface area contributed by atoms with E-state index in [1.54, 1.807) is 10.6 Å². The molecular weight excluding hydrogens is 152 g/mol. The summed E-state index contributed by atoms with van der Waals surface area (Å²) in [4.78, 5) is 15.7. The fraction of sp³-hybridized carbons (Fsp3) is 0.556. The Bertz CT molecular complexity index is 354. The molecule has 0 saturated carbocycles. The van der Waals surface area contributed by atoms with Crippen LogP contribution in [0.15, 0.2) is 10.9 Å². The molecule has 0 fully saturated rings. The van der Waals surface area contributed by atoms with Gasteiger partial charge in [0.2, 0.25) is 0 Å². The van der Waals surface area contributed by atoms with Gasteiger partial charge in [-0.2, -0.15) is 0 Å². The van der Waals surface area contributed by atoms with Crippen LogP contribution in [0, 0.1) is 6.92 Å². The van der Waals surface area contributed by atoms with Gasteiger partial charge in [0.25, 0.3) is 5.56 Å². The number of fused-ring (bicyclic) bond motifs is 1. The molecule has 1 aliphatic heterocycles. The van der Waals surface area contributed by atoms with Gasteiger partial charge < -0.3 is 0 Å². The molecule has 0 bridgehead atoms. The quantitative estimate of drug-likeness (QED) is 0.570. The van der Waals surface area contributed by atoms with Gasteiger partial charge in [-0.05, 0) is 19.8 Å². The standard InChI is InChI=1S/C9H12N2O/c1-7-6-9(12)11-5-3-2-4-8(11)10-7/h6H,2-5H2,1H3. The van der Waals surface area contributed by atoms with Crippen molar-refractivity contribution >= 4 is 0 Å². The minimum absolute atomic E-state index is 0.109. The lowest BCUT2D eigenvalue weighted by Gasteiger charge is -2.16. The molecule has 0 saturated heterocycles. The Balaban J connectivity index is 2.60. The second kappa shape index (κ2) is 2.73. The number of hydrogen-bond donors (Lipinski definition) is 0. The summed E-state index contributed by atoms with van der Waals surface area (Å²) in [5, 5.41) is 0. The molecule has 0 amide bonds. The predicted molar refractivity (Wildman–Crippen MR) is 46.2 cm³/mol. The molecule has 1 aliphatic rings. The molecule has 3 nitrogen and oxygen atoms in total. The van der Waals surface area contributed by atoms with Crippen molar-refractivity contribution in [3.8, 4) is 0 Å². The highest BCUT2D eigenvalue weighted by Gasteiger charge is 2.10. The zero-order valence-corrected chi connectivity index (χ0v) is 7.21. The number of aromatic nitrogens is 2. The van der Waals surface area contributed by atoms with Crippen molar-refractivity contribution < 1.29 is 0 Å². The van der Waals surface area contributed by atoms with E-state index in [-0.39, 0.29) is 5.56 Å². The Labute approximate surface area is 71.1 Å². The molecule has 64 valence electrons. The lowest BCUT2D eigenvalue weighted by Crippen LogP contribution is -2.27. The summed E-state index contributed by atoms with van der Waals surface area (Å²) < 4.78 is 1.79. The number of hydrogen-bond acceptors (Lipinski definition) is 2. The first-order valence-corrected chi connectivity index (χ1v) is 4.35. The van der Waals surface area contributed by atoms with Crippen LogP contribution in [-0.4, -0.2) is 9.55 Å². The van der Waals surface area contributed by atoms with E-state index in [0.717, 1.165) is 37.3 Å². The molecule has 2 heterocycles. The maximum atomic E-state index is 11.4. The monoisotopic (exact) mass is 164 g/mol. The van der Waals surface area contributed by atoms with E-state index < -0.39 is 0 Å². The van der Waals surface area contributed by atoms with E-state index in [4.69, 9.17) is 0 Å². The highest BCUT2D eigenvalue weighted by atomic mass is 16.1. The first-order chi connectivity index (χ1) is 5.77. The van der Waals surface area contributed by atoms with Gasteiger partial charge in [-0.25, -0.2) is 4.98 Å². The van der Waals surface area contributed by atoms with E-state index >= 15 is 0 Å². The van der Waals surface area contributed by atoms with Crippen LogP contribution in [0.4, 0.5) is 0 Å². The van der Waals surface area contributed by atoms with Crippen LogP contribution in [0.2, 0.25) is 0 Å². The topological polar surface area (TPSA) is 34.9 Å². The van der Waals surface area contributed by atoms with Gasteiger partial charge in [0.05, 0.1) is 0 Å². The summed E-state index contributed by atoms with van der Waals surface area (Å²) in [7, 11) is 0. The summed E-state index contributed by atoms with van der Waals surface area (Å²) in [5.74, 6) is 0.964. The SMILES string of the molecule is Cc1cc(=O)n2c(n1)CCCC2. The van der Waals surface area contributed by atoms with Crippen LogP contribution < -0.4 is 5.56 Å². The number of nitrogens with zero attached hydrogens (tertiary/aromatic N) is 2. The van der Waals surface area contributed by atoms with Crippen molar-refractivity contribution in [3.05, 3.63) is 27.9 Å². The highest BCUT2D eigenvalue weighted by Crippen LogP contribution is 2.09. The van der Waals surface area contributed by atoms with Crippen molar-refractivity contribution in [2.24, 2.45) is 0 Å². The van der Waals surface area contributed by atoms with E-state index in [1.807, 2.05) is 6.92 Å². The second-order valence-corrected chi connectivity index (χ2v) is 3.26. The average molecular weight is 164 g/mol. The molecule has 0 atom stereocenters. The van der Waals surface area contributed by atoms with Crippen LogP contribution in [0.25, 0.3) is 0 Å². The molecule has 0 radical (unpaired) electrons. The Hall–Kier alpha value is -1.12. The molecule has 0 spiro atoms. The van der Waals surface area contributed by atoms with Crippen LogP contribution in [0.1, 0.15) is 24.4 Å². The molecule has 1 aromatic heterocycles. The van der Waals surface area contributed by atoms with E-state index in [9.17, 15) is 4.79 Å². The van der Waals surface area contributed by atoms with Crippen LogP contribution in [-0.2, 0) is 13.0 Å². The Morgan fingerprint density at radius 3 is 3.17 bits per heavy atom. The van der Waals surface area contributed by atoms with Gasteiger partial charge in [-0.1, -0.05) is 0 Å². The zero-order valence-electron chi connectivity index (χ0n) is 7.21. The largest absolute Gasteiger partial charge is 0.297 e. The van der Waals surface area contributed by atoms with Gasteiger partial charge in [0.1, 0.15) is 5.82 Å². The van der Waals surface area contributed by atoms with E-state index in [2.05, 4.69) is 4.98 Å². The average Bonchev–Trinajstić information content (AvgIpc) is 2.04. The number of rotatable bonds is 0. The molecule has 1 aromatic rings. The molecule has 2 rings (SSSR count). The molecule has 0 unspecified atom stereocenters. The van der Waals surface area contributed by atoms with Crippen LogP contribution >= 0.6 is 0 Å². The van der Waals surface area contributed by atoms with Crippen LogP contribution in [0.3, 0.4) is 0 Å². The molecule has 12 heavy (non-hydrogen) atoms. The molecule has 3 heteroatoms. The minimum atomic E-state index is 0.109. The normalized spacial score (nSPS) is 15.8. The second-order valence-electron chi connectivity index (χ2n) is 3.26. The third-order valence-corrected chi connectivity index (χ3v) is 2.25.